The molecule has 2 N–H and O–H groups in total. The Morgan fingerprint density at radius 2 is 2.11 bits per heavy atom. The van der Waals surface area contributed by atoms with Crippen LogP contribution in [0.2, 0.25) is 0 Å². The van der Waals surface area contributed by atoms with Crippen molar-refractivity contribution in [3.63, 3.8) is 0 Å². The predicted molar refractivity (Wildman–Crippen MR) is 66.7 cm³/mol. The molecule has 0 saturated heterocycles. The number of carbonyl (C=O) groups excluding carboxylic acids is 2. The molecule has 2 heterocycles. The van der Waals surface area contributed by atoms with Crippen LogP contribution in [0.15, 0.2) is 30.6 Å². The molecule has 5 heteroatoms. The molecule has 18 heavy (non-hydrogen) atoms. The van der Waals surface area contributed by atoms with Gasteiger partial charge in [0.1, 0.15) is 5.75 Å². The lowest BCUT2D eigenvalue weighted by atomic mass is 10.1. The lowest BCUT2D eigenvalue weighted by Crippen LogP contribution is -2.28. The van der Waals surface area contributed by atoms with E-state index >= 15 is 0 Å². The van der Waals surface area contributed by atoms with E-state index in [9.17, 15) is 14.7 Å². The van der Waals surface area contributed by atoms with E-state index in [0.717, 1.165) is 0 Å². The number of amides is 1. The topological polar surface area (TPSA) is 70.8 Å². The summed E-state index contributed by atoms with van der Waals surface area (Å²) in [7, 11) is 0. The second-order valence-corrected chi connectivity index (χ2v) is 3.93. The van der Waals surface area contributed by atoms with Gasteiger partial charge in [-0.2, -0.15) is 0 Å². The summed E-state index contributed by atoms with van der Waals surface area (Å²) in [6.45, 7) is 1.67. The van der Waals surface area contributed by atoms with E-state index in [0.29, 0.717) is 17.5 Å². The summed E-state index contributed by atoms with van der Waals surface area (Å²) in [5.74, 6) is -0.343. The van der Waals surface area contributed by atoms with Crippen LogP contribution in [0.3, 0.4) is 0 Å². The summed E-state index contributed by atoms with van der Waals surface area (Å²) in [6.07, 6.45) is 3.79. The predicted octanol–water partition coefficient (Wildman–Crippen LogP) is 1.35. The highest BCUT2D eigenvalue weighted by Crippen LogP contribution is 2.23. The van der Waals surface area contributed by atoms with Gasteiger partial charge >= 0.3 is 0 Å². The summed E-state index contributed by atoms with van der Waals surface area (Å²) in [5.41, 5.74) is 0.873. The highest BCUT2D eigenvalue weighted by molar-refractivity contribution is 6.06. The maximum Gasteiger partial charge on any atom is 0.220 e. The van der Waals surface area contributed by atoms with Gasteiger partial charge < -0.3 is 14.8 Å². The molecule has 1 amide bonds. The van der Waals surface area contributed by atoms with Gasteiger partial charge in [0.2, 0.25) is 5.91 Å². The van der Waals surface area contributed by atoms with Crippen LogP contribution in [-0.4, -0.2) is 27.7 Å². The Hall–Kier alpha value is -2.30. The van der Waals surface area contributed by atoms with Crippen molar-refractivity contribution in [3.05, 3.63) is 36.2 Å². The van der Waals surface area contributed by atoms with E-state index < -0.39 is 0 Å². The normalized spacial score (nSPS) is 10.5. The van der Waals surface area contributed by atoms with Crippen molar-refractivity contribution in [2.45, 2.75) is 13.3 Å². The molecule has 0 atom stereocenters. The summed E-state index contributed by atoms with van der Waals surface area (Å²) in [6, 6.07) is 4.85. The van der Waals surface area contributed by atoms with Crippen LogP contribution in [0, 0.1) is 0 Å². The molecular formula is C13H14N2O3. The van der Waals surface area contributed by atoms with Gasteiger partial charge in [0, 0.05) is 24.4 Å². The SMILES string of the molecule is CCC(=O)NCC(=O)c1ccn2cccc(O)c12. The van der Waals surface area contributed by atoms with E-state index in [2.05, 4.69) is 5.32 Å². The number of nitrogens with zero attached hydrogens (tertiary/aromatic N) is 1. The third-order valence-electron chi connectivity index (χ3n) is 2.73. The number of ketones is 1. The monoisotopic (exact) mass is 246 g/mol. The molecule has 5 nitrogen and oxygen atoms in total. The van der Waals surface area contributed by atoms with E-state index in [1.54, 1.807) is 35.9 Å². The quantitative estimate of drug-likeness (QED) is 0.800. The molecule has 0 fully saturated rings. The van der Waals surface area contributed by atoms with Gasteiger partial charge in [0.25, 0.3) is 0 Å². The summed E-state index contributed by atoms with van der Waals surface area (Å²) >= 11 is 0. The van der Waals surface area contributed by atoms with Gasteiger partial charge in [0.15, 0.2) is 5.78 Å². The summed E-state index contributed by atoms with van der Waals surface area (Å²) in [4.78, 5) is 23.1. The molecule has 0 aliphatic heterocycles. The number of fused-ring (bicyclic) bond motifs is 1. The maximum absolute atomic E-state index is 12.0. The minimum atomic E-state index is -0.221. The van der Waals surface area contributed by atoms with E-state index in [1.807, 2.05) is 0 Å². The fourth-order valence-electron chi connectivity index (χ4n) is 1.77. The van der Waals surface area contributed by atoms with Crippen molar-refractivity contribution >= 4 is 17.2 Å². The molecule has 0 aliphatic rings. The zero-order chi connectivity index (χ0) is 13.1. The molecule has 0 aliphatic carbocycles. The Bertz CT molecular complexity index is 601. The van der Waals surface area contributed by atoms with Crippen molar-refractivity contribution in [2.24, 2.45) is 0 Å². The van der Waals surface area contributed by atoms with Crippen molar-refractivity contribution < 1.29 is 14.7 Å². The maximum atomic E-state index is 12.0. The second-order valence-electron chi connectivity index (χ2n) is 3.93. The van der Waals surface area contributed by atoms with Gasteiger partial charge in [-0.15, -0.1) is 0 Å². The van der Waals surface area contributed by atoms with E-state index in [4.69, 9.17) is 0 Å². The number of aromatic hydroxyl groups is 1. The zero-order valence-corrected chi connectivity index (χ0v) is 10.0. The molecule has 94 valence electrons. The van der Waals surface area contributed by atoms with Gasteiger partial charge in [-0.1, -0.05) is 6.92 Å². The molecule has 2 rings (SSSR count). The average molecular weight is 246 g/mol. The molecular weight excluding hydrogens is 232 g/mol. The van der Waals surface area contributed by atoms with Crippen molar-refractivity contribution in [1.29, 1.82) is 0 Å². The minimum Gasteiger partial charge on any atom is -0.506 e. The first-order valence-electron chi connectivity index (χ1n) is 5.72. The van der Waals surface area contributed by atoms with Crippen LogP contribution in [0.5, 0.6) is 5.75 Å². The van der Waals surface area contributed by atoms with Crippen LogP contribution < -0.4 is 5.32 Å². The van der Waals surface area contributed by atoms with Gasteiger partial charge in [-0.3, -0.25) is 9.59 Å². The molecule has 0 unspecified atom stereocenters. The van der Waals surface area contributed by atoms with Crippen LogP contribution in [-0.2, 0) is 4.79 Å². The Morgan fingerprint density at radius 1 is 1.33 bits per heavy atom. The summed E-state index contributed by atoms with van der Waals surface area (Å²) in [5, 5.41) is 12.3. The first-order valence-corrected chi connectivity index (χ1v) is 5.72. The van der Waals surface area contributed by atoms with Gasteiger partial charge in [0.05, 0.1) is 12.1 Å². The van der Waals surface area contributed by atoms with Gasteiger partial charge in [-0.25, -0.2) is 0 Å². The Kier molecular flexibility index (Phi) is 3.32. The minimum absolute atomic E-state index is 0.0488. The van der Waals surface area contributed by atoms with Crippen LogP contribution >= 0.6 is 0 Å². The molecule has 0 bridgehead atoms. The number of nitrogens with one attached hydrogen (secondary N) is 1. The number of pyridine rings is 1. The Labute approximate surface area is 104 Å². The molecule has 2 aromatic heterocycles. The number of aromatic nitrogens is 1. The highest BCUT2D eigenvalue weighted by Gasteiger charge is 2.14. The number of hydrogen-bond donors (Lipinski definition) is 2. The average Bonchev–Trinajstić information content (AvgIpc) is 2.81. The number of rotatable bonds is 4. The Balaban J connectivity index is 2.26. The first kappa shape index (κ1) is 12.2. The van der Waals surface area contributed by atoms with Crippen LogP contribution in [0.4, 0.5) is 0 Å². The third kappa shape index (κ3) is 2.20. The van der Waals surface area contributed by atoms with Crippen LogP contribution in [0.25, 0.3) is 5.52 Å². The molecule has 0 aromatic carbocycles. The van der Waals surface area contributed by atoms with Crippen molar-refractivity contribution in [3.8, 4) is 5.75 Å². The molecule has 0 radical (unpaired) electrons. The molecule has 0 saturated carbocycles. The Morgan fingerprint density at radius 3 is 2.83 bits per heavy atom. The fourth-order valence-corrected chi connectivity index (χ4v) is 1.77. The van der Waals surface area contributed by atoms with Crippen molar-refractivity contribution in [1.82, 2.24) is 9.72 Å². The lowest BCUT2D eigenvalue weighted by molar-refractivity contribution is -0.120. The number of hydrogen-bond acceptors (Lipinski definition) is 3. The standard InChI is InChI=1S/C13H14N2O3/c1-2-12(18)14-8-11(17)9-5-7-15-6-3-4-10(16)13(9)15/h3-7,16H,2,8H2,1H3,(H,14,18). The smallest absolute Gasteiger partial charge is 0.220 e. The summed E-state index contributed by atoms with van der Waals surface area (Å²) < 4.78 is 1.67. The number of Topliss-reactive ketones (excluding diaryl/α,β-unsaturated/α-hetero) is 1. The molecule has 2 aromatic rings. The zero-order valence-electron chi connectivity index (χ0n) is 10.0. The fraction of sp³-hybridized carbons (Fsp3) is 0.231. The first-order chi connectivity index (χ1) is 8.63. The second kappa shape index (κ2) is 4.91. The van der Waals surface area contributed by atoms with E-state index in [1.165, 1.54) is 6.07 Å². The van der Waals surface area contributed by atoms with Crippen LogP contribution in [0.1, 0.15) is 23.7 Å². The molecule has 0 spiro atoms. The lowest BCUT2D eigenvalue weighted by Gasteiger charge is -2.03. The third-order valence-corrected chi connectivity index (χ3v) is 2.73. The van der Waals surface area contributed by atoms with E-state index in [-0.39, 0.29) is 24.0 Å². The van der Waals surface area contributed by atoms with Crippen molar-refractivity contribution in [2.75, 3.05) is 6.54 Å². The largest absolute Gasteiger partial charge is 0.506 e. The number of carbonyl (C=O) groups is 2. The highest BCUT2D eigenvalue weighted by atomic mass is 16.3. The van der Waals surface area contributed by atoms with Gasteiger partial charge in [-0.05, 0) is 18.2 Å².